The van der Waals surface area contributed by atoms with Crippen molar-refractivity contribution in [3.63, 3.8) is 0 Å². The van der Waals surface area contributed by atoms with Gasteiger partial charge in [-0.3, -0.25) is 4.90 Å². The first-order valence-corrected chi connectivity index (χ1v) is 8.66. The maximum atomic E-state index is 13.2. The van der Waals surface area contributed by atoms with Crippen LogP contribution in [0.5, 0.6) is 0 Å². The Bertz CT molecular complexity index is 616. The normalized spacial score (nSPS) is 26.8. The molecule has 2 heterocycles. The molecule has 0 aliphatic carbocycles. The summed E-state index contributed by atoms with van der Waals surface area (Å²) < 4.78 is 53.6. The average Bonchev–Trinajstić information content (AvgIpc) is 2.81. The fraction of sp³-hybridized carbons (Fsp3) is 0.571. The van der Waals surface area contributed by atoms with Gasteiger partial charge in [-0.05, 0) is 37.9 Å². The molecule has 0 amide bonds. The van der Waals surface area contributed by atoms with Crippen molar-refractivity contribution in [1.29, 1.82) is 0 Å². The van der Waals surface area contributed by atoms with Crippen molar-refractivity contribution in [1.82, 2.24) is 9.62 Å². The van der Waals surface area contributed by atoms with E-state index in [9.17, 15) is 17.2 Å². The molecule has 0 radical (unpaired) electrons. The summed E-state index contributed by atoms with van der Waals surface area (Å²) in [5.74, 6) is -1.78. The lowest BCUT2D eigenvalue weighted by Crippen LogP contribution is -2.46. The third kappa shape index (κ3) is 3.09. The molecule has 1 aromatic carbocycles. The SMILES string of the molecule is O=S(=O)(N[C@@H]1CCN2CCCC[C@@H]12)c1cc(F)cc(F)c1. The van der Waals surface area contributed by atoms with Gasteiger partial charge in [0.2, 0.25) is 10.0 Å². The molecule has 7 heteroatoms. The van der Waals surface area contributed by atoms with Crippen molar-refractivity contribution < 1.29 is 17.2 Å². The van der Waals surface area contributed by atoms with Crippen molar-refractivity contribution in [3.8, 4) is 0 Å². The van der Waals surface area contributed by atoms with Crippen LogP contribution in [0.3, 0.4) is 0 Å². The van der Waals surface area contributed by atoms with Gasteiger partial charge in [0.1, 0.15) is 11.6 Å². The van der Waals surface area contributed by atoms with Gasteiger partial charge in [-0.2, -0.15) is 0 Å². The predicted octanol–water partition coefficient (Wildman–Crippen LogP) is 1.87. The van der Waals surface area contributed by atoms with Crippen molar-refractivity contribution in [2.45, 2.75) is 42.7 Å². The third-order valence-corrected chi connectivity index (χ3v) is 5.78. The summed E-state index contributed by atoms with van der Waals surface area (Å²) in [7, 11) is -3.90. The monoisotopic (exact) mass is 316 g/mol. The Balaban J connectivity index is 1.80. The Kier molecular flexibility index (Phi) is 3.98. The quantitative estimate of drug-likeness (QED) is 0.926. The zero-order valence-corrected chi connectivity index (χ0v) is 12.4. The highest BCUT2D eigenvalue weighted by Crippen LogP contribution is 2.28. The Hall–Kier alpha value is -1.05. The summed E-state index contributed by atoms with van der Waals surface area (Å²) in [4.78, 5) is 1.94. The Labute approximate surface area is 123 Å². The van der Waals surface area contributed by atoms with E-state index in [-0.39, 0.29) is 17.0 Å². The highest BCUT2D eigenvalue weighted by atomic mass is 32.2. The van der Waals surface area contributed by atoms with Gasteiger partial charge in [0.15, 0.2) is 0 Å². The molecule has 3 rings (SSSR count). The standard InChI is InChI=1S/C14H18F2N2O2S/c15-10-7-11(16)9-12(8-10)21(19,20)17-13-4-6-18-5-2-1-3-14(13)18/h7-9,13-14,17H,1-6H2/t13-,14+/m1/s1. The third-order valence-electron chi connectivity index (χ3n) is 4.31. The topological polar surface area (TPSA) is 49.4 Å². The van der Waals surface area contributed by atoms with Crippen molar-refractivity contribution in [2.24, 2.45) is 0 Å². The summed E-state index contributed by atoms with van der Waals surface area (Å²) in [6.45, 7) is 1.87. The van der Waals surface area contributed by atoms with E-state index < -0.39 is 21.7 Å². The summed E-state index contributed by atoms with van der Waals surface area (Å²) in [6.07, 6.45) is 3.94. The van der Waals surface area contributed by atoms with Crippen molar-refractivity contribution in [3.05, 3.63) is 29.8 Å². The van der Waals surface area contributed by atoms with Crippen LogP contribution >= 0.6 is 0 Å². The molecule has 0 saturated carbocycles. The second-order valence-corrected chi connectivity index (χ2v) is 7.43. The second kappa shape index (κ2) is 5.62. The van der Waals surface area contributed by atoms with Crippen LogP contribution in [0.15, 0.2) is 23.1 Å². The van der Waals surface area contributed by atoms with Gasteiger partial charge in [0.25, 0.3) is 0 Å². The van der Waals surface area contributed by atoms with E-state index in [1.165, 1.54) is 0 Å². The largest absolute Gasteiger partial charge is 0.299 e. The fourth-order valence-electron chi connectivity index (χ4n) is 3.34. The Morgan fingerprint density at radius 2 is 1.76 bits per heavy atom. The van der Waals surface area contributed by atoms with Gasteiger partial charge >= 0.3 is 0 Å². The summed E-state index contributed by atoms with van der Waals surface area (Å²) in [5.41, 5.74) is 0. The van der Waals surface area contributed by atoms with Crippen LogP contribution < -0.4 is 4.72 Å². The van der Waals surface area contributed by atoms with Crippen LogP contribution in [0.1, 0.15) is 25.7 Å². The first-order valence-electron chi connectivity index (χ1n) is 7.18. The van der Waals surface area contributed by atoms with Gasteiger partial charge in [0.05, 0.1) is 4.90 Å². The smallest absolute Gasteiger partial charge is 0.241 e. The number of hydrogen-bond acceptors (Lipinski definition) is 3. The number of sulfonamides is 1. The van der Waals surface area contributed by atoms with Gasteiger partial charge < -0.3 is 0 Å². The maximum absolute atomic E-state index is 13.2. The van der Waals surface area contributed by atoms with Crippen molar-refractivity contribution >= 4 is 10.0 Å². The number of rotatable bonds is 3. The van der Waals surface area contributed by atoms with Crippen LogP contribution in [0, 0.1) is 11.6 Å². The summed E-state index contributed by atoms with van der Waals surface area (Å²) in [6, 6.07) is 2.38. The molecule has 1 aromatic rings. The molecule has 1 N–H and O–H groups in total. The Morgan fingerprint density at radius 1 is 1.05 bits per heavy atom. The maximum Gasteiger partial charge on any atom is 0.241 e. The van der Waals surface area contributed by atoms with Crippen LogP contribution in [0.25, 0.3) is 0 Å². The van der Waals surface area contributed by atoms with Crippen molar-refractivity contribution in [2.75, 3.05) is 13.1 Å². The van der Waals surface area contributed by atoms with E-state index in [1.54, 1.807) is 0 Å². The lowest BCUT2D eigenvalue weighted by atomic mass is 10.00. The molecule has 21 heavy (non-hydrogen) atoms. The number of benzene rings is 1. The first-order chi connectivity index (χ1) is 9.95. The Morgan fingerprint density at radius 3 is 2.48 bits per heavy atom. The van der Waals surface area contributed by atoms with E-state index >= 15 is 0 Å². The minimum absolute atomic E-state index is 0.179. The second-order valence-electron chi connectivity index (χ2n) is 5.72. The minimum Gasteiger partial charge on any atom is -0.299 e. The van der Waals surface area contributed by atoms with E-state index in [0.717, 1.165) is 50.9 Å². The average molecular weight is 316 g/mol. The molecule has 2 aliphatic rings. The summed E-state index contributed by atoms with van der Waals surface area (Å²) >= 11 is 0. The molecule has 116 valence electrons. The van der Waals surface area contributed by atoms with E-state index in [4.69, 9.17) is 0 Å². The van der Waals surface area contributed by atoms with Gasteiger partial charge in [-0.25, -0.2) is 21.9 Å². The highest BCUT2D eigenvalue weighted by molar-refractivity contribution is 7.89. The van der Waals surface area contributed by atoms with Crippen LogP contribution in [0.4, 0.5) is 8.78 Å². The molecule has 0 aromatic heterocycles. The lowest BCUT2D eigenvalue weighted by molar-refractivity contribution is 0.186. The van der Waals surface area contributed by atoms with E-state index in [0.29, 0.717) is 6.07 Å². The molecule has 2 saturated heterocycles. The number of piperidine rings is 1. The molecule has 2 atom stereocenters. The van der Waals surface area contributed by atoms with Gasteiger partial charge in [-0.15, -0.1) is 0 Å². The molecule has 2 aliphatic heterocycles. The van der Waals surface area contributed by atoms with E-state index in [2.05, 4.69) is 9.62 Å². The summed E-state index contributed by atoms with van der Waals surface area (Å²) in [5, 5.41) is 0. The molecular formula is C14H18F2N2O2S. The van der Waals surface area contributed by atoms with Crippen LogP contribution in [0.2, 0.25) is 0 Å². The van der Waals surface area contributed by atoms with Crippen LogP contribution in [-0.4, -0.2) is 38.5 Å². The number of halogens is 2. The van der Waals surface area contributed by atoms with Gasteiger partial charge in [-0.1, -0.05) is 6.42 Å². The van der Waals surface area contributed by atoms with Gasteiger partial charge in [0, 0.05) is 24.7 Å². The molecule has 2 fully saturated rings. The molecular weight excluding hydrogens is 298 g/mol. The molecule has 4 nitrogen and oxygen atoms in total. The fourth-order valence-corrected chi connectivity index (χ4v) is 4.68. The first kappa shape index (κ1) is 14.9. The number of nitrogens with one attached hydrogen (secondary N) is 1. The molecule has 0 unspecified atom stereocenters. The van der Waals surface area contributed by atoms with Crippen LogP contribution in [-0.2, 0) is 10.0 Å². The molecule has 0 spiro atoms. The van der Waals surface area contributed by atoms with E-state index in [1.807, 2.05) is 0 Å². The predicted molar refractivity (Wildman–Crippen MR) is 74.3 cm³/mol. The zero-order valence-electron chi connectivity index (χ0n) is 11.6. The zero-order chi connectivity index (χ0) is 15.0. The minimum atomic E-state index is -3.90. The lowest BCUT2D eigenvalue weighted by Gasteiger charge is -2.32. The number of hydrogen-bond donors (Lipinski definition) is 1. The number of nitrogens with zero attached hydrogens (tertiary/aromatic N) is 1. The number of fused-ring (bicyclic) bond motifs is 1. The highest BCUT2D eigenvalue weighted by Gasteiger charge is 2.37. The molecule has 0 bridgehead atoms.